The lowest BCUT2D eigenvalue weighted by Gasteiger charge is -1.91. The molecule has 0 fully saturated rings. The Balaban J connectivity index is 3.13. The minimum absolute atomic E-state index is 0.413. The van der Waals surface area contributed by atoms with Crippen molar-refractivity contribution in [2.24, 2.45) is 11.5 Å². The molecule has 0 aliphatic heterocycles. The Morgan fingerprint density at radius 3 is 2.86 bits per heavy atom. The molecule has 1 unspecified atom stereocenters. The number of rotatable bonds is 5. The maximum atomic E-state index is 7.12. The van der Waals surface area contributed by atoms with Crippen LogP contribution in [0.3, 0.4) is 0 Å². The van der Waals surface area contributed by atoms with Gasteiger partial charge in [-0.3, -0.25) is 0 Å². The molecule has 0 bridgehead atoms. The Morgan fingerprint density at radius 2 is 2.29 bits per heavy atom. The van der Waals surface area contributed by atoms with Crippen molar-refractivity contribution < 1.29 is 4.19 Å². The molecule has 0 aliphatic carbocycles. The van der Waals surface area contributed by atoms with E-state index in [9.17, 15) is 0 Å². The number of hydrogen-bond acceptors (Lipinski definition) is 2. The van der Waals surface area contributed by atoms with Crippen LogP contribution >= 0.6 is 0 Å². The van der Waals surface area contributed by atoms with Crippen LogP contribution in [0.25, 0.3) is 0 Å². The van der Waals surface area contributed by atoms with E-state index in [2.05, 4.69) is 0 Å². The van der Waals surface area contributed by atoms with Crippen molar-refractivity contribution in [1.82, 2.24) is 0 Å². The van der Waals surface area contributed by atoms with Gasteiger partial charge in [0, 0.05) is 1.37 Å². The van der Waals surface area contributed by atoms with E-state index in [1.807, 2.05) is 0 Å². The second kappa shape index (κ2) is 5.92. The van der Waals surface area contributed by atoms with Gasteiger partial charge in [0.2, 0.25) is 0 Å². The largest absolute Gasteiger partial charge is 0.330 e. The summed E-state index contributed by atoms with van der Waals surface area (Å²) in [5, 5.41) is 0. The first-order valence-electron chi connectivity index (χ1n) is 4.05. The van der Waals surface area contributed by atoms with Crippen LogP contribution in [0.15, 0.2) is 0 Å². The van der Waals surface area contributed by atoms with Gasteiger partial charge in [-0.1, -0.05) is 6.42 Å². The summed E-state index contributed by atoms with van der Waals surface area (Å²) in [6.45, 7) is -0.0885. The number of unbranched alkanes of at least 4 members (excludes halogenated alkanes) is 1. The Labute approximate surface area is 49.2 Å². The molecule has 0 spiro atoms. The van der Waals surface area contributed by atoms with E-state index in [1.165, 1.54) is 0 Å². The second-order valence-corrected chi connectivity index (χ2v) is 1.47. The van der Waals surface area contributed by atoms with Gasteiger partial charge in [0.15, 0.2) is 0 Å². The molecule has 0 amide bonds. The van der Waals surface area contributed by atoms with Gasteiger partial charge < -0.3 is 11.5 Å². The number of nitrogens with two attached hydrogens (primary N) is 2. The first kappa shape index (κ1) is 3.05. The van der Waals surface area contributed by atoms with Crippen molar-refractivity contribution in [3.63, 3.8) is 0 Å². The van der Waals surface area contributed by atoms with Crippen molar-refractivity contribution in [3.05, 3.63) is 0 Å². The Hall–Kier alpha value is -0.0800. The van der Waals surface area contributed by atoms with Crippen LogP contribution in [0.2, 0.25) is 2.82 Å². The quantitative estimate of drug-likeness (QED) is 0.486. The molecule has 2 heteroatoms. The predicted octanol–water partition coefficient (Wildman–Crippen LogP) is 0.0741. The fourth-order valence-electron chi connectivity index (χ4n) is 0.380. The highest BCUT2D eigenvalue weighted by Crippen LogP contribution is 1.88. The third-order valence-corrected chi connectivity index (χ3v) is 0.787. The lowest BCUT2D eigenvalue weighted by Crippen LogP contribution is -2.02. The minimum atomic E-state index is -0.716. The molecule has 7 heavy (non-hydrogen) atoms. The summed E-state index contributed by atoms with van der Waals surface area (Å²) in [5.41, 5.74) is 5.64. The van der Waals surface area contributed by atoms with Gasteiger partial charge in [-0.05, 0) is 25.9 Å². The third-order valence-electron chi connectivity index (χ3n) is 0.787. The lowest BCUT2D eigenvalue weighted by atomic mass is 10.2. The summed E-state index contributed by atoms with van der Waals surface area (Å²) in [6, 6.07) is 0. The molecule has 0 aromatic carbocycles. The summed E-state index contributed by atoms with van der Waals surface area (Å²) in [7, 11) is 0. The molecule has 0 saturated heterocycles. The van der Waals surface area contributed by atoms with E-state index in [1.54, 1.807) is 0 Å². The maximum absolute atomic E-state index is 7.12. The average molecular weight is 105 g/mol. The predicted molar refractivity (Wildman–Crippen MR) is 32.0 cm³/mol. The summed E-state index contributed by atoms with van der Waals surface area (Å²) in [4.78, 5) is 0. The zero-order valence-corrected chi connectivity index (χ0v) is 4.43. The smallest absolute Gasteiger partial charge is 0.118 e. The SMILES string of the molecule is [2H]C(CCCCN)N([2H])[2H]. The highest BCUT2D eigenvalue weighted by molar-refractivity contribution is 4.41. The van der Waals surface area contributed by atoms with Gasteiger partial charge in [0.25, 0.3) is 0 Å². The van der Waals surface area contributed by atoms with E-state index in [-0.39, 0.29) is 0 Å². The zero-order valence-electron chi connectivity index (χ0n) is 7.43. The van der Waals surface area contributed by atoms with Crippen LogP contribution < -0.4 is 11.5 Å². The van der Waals surface area contributed by atoms with Crippen LogP contribution in [0, 0.1) is 0 Å². The first-order chi connectivity index (χ1) is 4.68. The van der Waals surface area contributed by atoms with Crippen LogP contribution in [-0.4, -0.2) is 13.1 Å². The molecule has 0 aromatic heterocycles. The molecule has 4 N–H and O–H groups in total. The highest BCUT2D eigenvalue weighted by Gasteiger charge is 1.80. The Kier molecular flexibility index (Phi) is 2.58. The van der Waals surface area contributed by atoms with Gasteiger partial charge in [-0.2, -0.15) is 0 Å². The second-order valence-electron chi connectivity index (χ2n) is 1.47. The molecule has 1 atom stereocenters. The van der Waals surface area contributed by atoms with E-state index >= 15 is 0 Å². The maximum Gasteiger partial charge on any atom is 0.118 e. The van der Waals surface area contributed by atoms with E-state index < -0.39 is 6.52 Å². The summed E-state index contributed by atoms with van der Waals surface area (Å²) >= 11 is 0. The summed E-state index contributed by atoms with van der Waals surface area (Å²) in [6.07, 6.45) is 2.27. The van der Waals surface area contributed by atoms with Crippen LogP contribution in [-0.2, 0) is 0 Å². The fourth-order valence-corrected chi connectivity index (χ4v) is 0.380. The Bertz CT molecular complexity index is 79.3. The van der Waals surface area contributed by atoms with E-state index in [4.69, 9.17) is 9.93 Å². The first-order valence-corrected chi connectivity index (χ1v) is 2.57. The zero-order chi connectivity index (χ0) is 7.98. The summed E-state index contributed by atoms with van der Waals surface area (Å²) in [5.74, 6) is 0. The van der Waals surface area contributed by atoms with Gasteiger partial charge in [0.05, 0.1) is 0 Å². The molecule has 0 heterocycles. The van der Waals surface area contributed by atoms with Gasteiger partial charge in [-0.25, -0.2) is 0 Å². The monoisotopic (exact) mass is 105 g/mol. The van der Waals surface area contributed by atoms with Crippen LogP contribution in [0.1, 0.15) is 20.6 Å². The molecule has 2 nitrogen and oxygen atoms in total. The van der Waals surface area contributed by atoms with Crippen molar-refractivity contribution in [2.45, 2.75) is 19.3 Å². The van der Waals surface area contributed by atoms with E-state index in [0.29, 0.717) is 18.7 Å². The van der Waals surface area contributed by atoms with Gasteiger partial charge in [0.1, 0.15) is 2.82 Å². The average Bonchev–Trinajstić information content (AvgIpc) is 1.88. The van der Waals surface area contributed by atoms with Gasteiger partial charge in [-0.15, -0.1) is 0 Å². The molecule has 44 valence electrons. The minimum Gasteiger partial charge on any atom is -0.330 e. The third kappa shape index (κ3) is 5.92. The molecular weight excluding hydrogens is 88.1 g/mol. The normalized spacial score (nSPS) is 20.6. The number of hydrogen-bond donors (Lipinski definition) is 2. The molecular formula is C5H14N2. The van der Waals surface area contributed by atoms with Crippen LogP contribution in [0.4, 0.5) is 0 Å². The van der Waals surface area contributed by atoms with Crippen molar-refractivity contribution in [3.8, 4) is 0 Å². The van der Waals surface area contributed by atoms with Crippen LogP contribution in [0.5, 0.6) is 0 Å². The van der Waals surface area contributed by atoms with E-state index in [0.717, 1.165) is 12.8 Å². The van der Waals surface area contributed by atoms with Crippen molar-refractivity contribution >= 4 is 0 Å². The molecule has 0 aromatic rings. The molecule has 0 rings (SSSR count). The van der Waals surface area contributed by atoms with Gasteiger partial charge >= 0.3 is 0 Å². The summed E-state index contributed by atoms with van der Waals surface area (Å²) < 4.78 is 20.5. The molecule has 0 saturated carbocycles. The lowest BCUT2D eigenvalue weighted by molar-refractivity contribution is 0.695. The standard InChI is InChI=1S/C5H14N2/c6-4-2-1-3-5-7/h1-7H2/i4D/hD2. The topological polar surface area (TPSA) is 52.0 Å². The molecule has 0 radical (unpaired) electrons. The molecule has 0 aliphatic rings. The van der Waals surface area contributed by atoms with Crippen molar-refractivity contribution in [1.29, 1.82) is 0 Å². The fraction of sp³-hybridized carbons (Fsp3) is 1.00. The van der Waals surface area contributed by atoms with Crippen molar-refractivity contribution in [2.75, 3.05) is 13.1 Å². The highest BCUT2D eigenvalue weighted by atomic mass is 14.5. The Morgan fingerprint density at radius 1 is 1.43 bits per heavy atom.